The Labute approximate surface area is 105 Å². The van der Waals surface area contributed by atoms with Crippen molar-refractivity contribution in [2.24, 2.45) is 0 Å². The highest BCUT2D eigenvalue weighted by Crippen LogP contribution is 2.15. The first-order valence-electron chi connectivity index (χ1n) is 5.52. The van der Waals surface area contributed by atoms with Gasteiger partial charge in [-0.1, -0.05) is 6.07 Å². The van der Waals surface area contributed by atoms with Crippen molar-refractivity contribution in [1.29, 1.82) is 0 Å². The summed E-state index contributed by atoms with van der Waals surface area (Å²) in [5, 5.41) is 11.0. The van der Waals surface area contributed by atoms with E-state index in [0.717, 1.165) is 18.7 Å². The molecule has 0 atom stereocenters. The van der Waals surface area contributed by atoms with Crippen LogP contribution >= 0.6 is 11.3 Å². The van der Waals surface area contributed by atoms with Gasteiger partial charge in [-0.3, -0.25) is 0 Å². The number of aliphatic hydroxyl groups excluding tert-OH is 1. The van der Waals surface area contributed by atoms with Gasteiger partial charge in [-0.25, -0.2) is 9.97 Å². The molecule has 1 N–H and O–H groups in total. The van der Waals surface area contributed by atoms with Gasteiger partial charge in [0.15, 0.2) is 0 Å². The standard InChI is InChI=1S/C12H15N3OS/c1-2-15(8-11-4-3-5-17-11)12-13-6-10(9-16)7-14-12/h3-7,16H,2,8-9H2,1H3. The zero-order chi connectivity index (χ0) is 12.1. The van der Waals surface area contributed by atoms with Crippen molar-refractivity contribution < 1.29 is 5.11 Å². The number of hydrogen-bond acceptors (Lipinski definition) is 5. The van der Waals surface area contributed by atoms with Gasteiger partial charge in [-0.15, -0.1) is 11.3 Å². The zero-order valence-corrected chi connectivity index (χ0v) is 10.5. The third-order valence-corrected chi connectivity index (χ3v) is 3.33. The highest BCUT2D eigenvalue weighted by Gasteiger charge is 2.08. The fourth-order valence-electron chi connectivity index (χ4n) is 1.51. The quantitative estimate of drug-likeness (QED) is 0.881. The average Bonchev–Trinajstić information content (AvgIpc) is 2.89. The molecular weight excluding hydrogens is 234 g/mol. The second-order valence-electron chi connectivity index (χ2n) is 3.64. The van der Waals surface area contributed by atoms with Crippen molar-refractivity contribution in [3.8, 4) is 0 Å². The Morgan fingerprint density at radius 3 is 2.65 bits per heavy atom. The summed E-state index contributed by atoms with van der Waals surface area (Å²) in [5.74, 6) is 0.707. The predicted molar refractivity (Wildman–Crippen MR) is 69.0 cm³/mol. The van der Waals surface area contributed by atoms with E-state index in [-0.39, 0.29) is 6.61 Å². The van der Waals surface area contributed by atoms with Crippen LogP contribution in [0.25, 0.3) is 0 Å². The summed E-state index contributed by atoms with van der Waals surface area (Å²) in [6.45, 7) is 3.75. The van der Waals surface area contributed by atoms with Crippen LogP contribution in [-0.4, -0.2) is 21.6 Å². The van der Waals surface area contributed by atoms with Gasteiger partial charge in [0.05, 0.1) is 13.2 Å². The van der Waals surface area contributed by atoms with Crippen molar-refractivity contribution in [3.63, 3.8) is 0 Å². The molecule has 0 aliphatic carbocycles. The molecule has 0 spiro atoms. The molecule has 0 unspecified atom stereocenters. The van der Waals surface area contributed by atoms with E-state index in [4.69, 9.17) is 5.11 Å². The van der Waals surface area contributed by atoms with Crippen LogP contribution in [0.4, 0.5) is 5.95 Å². The lowest BCUT2D eigenvalue weighted by atomic mass is 10.4. The Morgan fingerprint density at radius 1 is 1.35 bits per heavy atom. The second kappa shape index (κ2) is 5.75. The molecule has 2 aromatic heterocycles. The molecule has 0 saturated heterocycles. The molecule has 4 nitrogen and oxygen atoms in total. The molecule has 0 saturated carbocycles. The lowest BCUT2D eigenvalue weighted by Gasteiger charge is -2.19. The maximum absolute atomic E-state index is 8.94. The zero-order valence-electron chi connectivity index (χ0n) is 9.71. The minimum atomic E-state index is -0.0165. The fraction of sp³-hybridized carbons (Fsp3) is 0.333. The van der Waals surface area contributed by atoms with Gasteiger partial charge in [0.2, 0.25) is 5.95 Å². The number of anilines is 1. The molecule has 17 heavy (non-hydrogen) atoms. The van der Waals surface area contributed by atoms with E-state index < -0.39 is 0 Å². The van der Waals surface area contributed by atoms with Gasteiger partial charge in [-0.2, -0.15) is 0 Å². The van der Waals surface area contributed by atoms with Crippen molar-refractivity contribution in [2.75, 3.05) is 11.4 Å². The van der Waals surface area contributed by atoms with E-state index in [9.17, 15) is 0 Å². The monoisotopic (exact) mass is 249 g/mol. The number of thiophene rings is 1. The Bertz CT molecular complexity index is 441. The van der Waals surface area contributed by atoms with Crippen LogP contribution in [-0.2, 0) is 13.2 Å². The first kappa shape index (κ1) is 12.0. The predicted octanol–water partition coefficient (Wildman–Crippen LogP) is 2.06. The molecule has 5 heteroatoms. The highest BCUT2D eigenvalue weighted by atomic mass is 32.1. The lowest BCUT2D eigenvalue weighted by Crippen LogP contribution is -2.23. The van der Waals surface area contributed by atoms with Crippen LogP contribution in [0.1, 0.15) is 17.4 Å². The smallest absolute Gasteiger partial charge is 0.225 e. The molecule has 90 valence electrons. The largest absolute Gasteiger partial charge is 0.392 e. The number of nitrogens with zero attached hydrogens (tertiary/aromatic N) is 3. The molecule has 0 fully saturated rings. The van der Waals surface area contributed by atoms with Crippen LogP contribution < -0.4 is 4.90 Å². The molecule has 0 amide bonds. The number of rotatable bonds is 5. The van der Waals surface area contributed by atoms with Crippen molar-refractivity contribution in [2.45, 2.75) is 20.1 Å². The second-order valence-corrected chi connectivity index (χ2v) is 4.68. The van der Waals surface area contributed by atoms with Crippen molar-refractivity contribution in [3.05, 3.63) is 40.3 Å². The van der Waals surface area contributed by atoms with Crippen LogP contribution in [0.5, 0.6) is 0 Å². The maximum Gasteiger partial charge on any atom is 0.225 e. The van der Waals surface area contributed by atoms with Gasteiger partial charge in [0.1, 0.15) is 0 Å². The summed E-state index contributed by atoms with van der Waals surface area (Å²) in [4.78, 5) is 11.9. The summed E-state index contributed by atoms with van der Waals surface area (Å²) in [6, 6.07) is 4.15. The normalized spacial score (nSPS) is 10.5. The lowest BCUT2D eigenvalue weighted by molar-refractivity contribution is 0.281. The third-order valence-electron chi connectivity index (χ3n) is 2.47. The summed E-state index contributed by atoms with van der Waals surface area (Å²) >= 11 is 1.73. The van der Waals surface area contributed by atoms with E-state index in [1.165, 1.54) is 4.88 Å². The molecule has 0 bridgehead atoms. The Balaban J connectivity index is 2.11. The molecular formula is C12H15N3OS. The molecule has 0 radical (unpaired) electrons. The average molecular weight is 249 g/mol. The van der Waals surface area contributed by atoms with Crippen molar-refractivity contribution in [1.82, 2.24) is 9.97 Å². The minimum Gasteiger partial charge on any atom is -0.392 e. The topological polar surface area (TPSA) is 49.2 Å². The van der Waals surface area contributed by atoms with E-state index >= 15 is 0 Å². The summed E-state index contributed by atoms with van der Waals surface area (Å²) in [5.41, 5.74) is 0.737. The molecule has 0 aliphatic heterocycles. The van der Waals surface area contributed by atoms with E-state index in [0.29, 0.717) is 5.95 Å². The first-order chi connectivity index (χ1) is 8.33. The van der Waals surface area contributed by atoms with E-state index in [1.54, 1.807) is 23.7 Å². The minimum absolute atomic E-state index is 0.0165. The fourth-order valence-corrected chi connectivity index (χ4v) is 2.23. The van der Waals surface area contributed by atoms with Crippen LogP contribution in [0, 0.1) is 0 Å². The highest BCUT2D eigenvalue weighted by molar-refractivity contribution is 7.09. The van der Waals surface area contributed by atoms with Gasteiger partial charge in [0.25, 0.3) is 0 Å². The third kappa shape index (κ3) is 3.01. The maximum atomic E-state index is 8.94. The summed E-state index contributed by atoms with van der Waals surface area (Å²) in [6.07, 6.45) is 3.33. The summed E-state index contributed by atoms with van der Waals surface area (Å²) < 4.78 is 0. The number of hydrogen-bond donors (Lipinski definition) is 1. The molecule has 2 heterocycles. The summed E-state index contributed by atoms with van der Waals surface area (Å²) in [7, 11) is 0. The van der Waals surface area contributed by atoms with Gasteiger partial charge in [0, 0.05) is 29.4 Å². The molecule has 2 rings (SSSR count). The SMILES string of the molecule is CCN(Cc1cccs1)c1ncc(CO)cn1. The molecule has 0 aromatic carbocycles. The Kier molecular flexibility index (Phi) is 4.06. The van der Waals surface area contributed by atoms with Crippen LogP contribution in [0.15, 0.2) is 29.9 Å². The van der Waals surface area contributed by atoms with E-state index in [2.05, 4.69) is 33.2 Å². The molecule has 0 aliphatic rings. The van der Waals surface area contributed by atoms with Crippen LogP contribution in [0.2, 0.25) is 0 Å². The Hall–Kier alpha value is -1.46. The van der Waals surface area contributed by atoms with Gasteiger partial charge >= 0.3 is 0 Å². The number of aliphatic hydroxyl groups is 1. The van der Waals surface area contributed by atoms with Crippen molar-refractivity contribution >= 4 is 17.3 Å². The number of aromatic nitrogens is 2. The van der Waals surface area contributed by atoms with E-state index in [1.807, 2.05) is 6.07 Å². The Morgan fingerprint density at radius 2 is 2.12 bits per heavy atom. The van der Waals surface area contributed by atoms with Gasteiger partial charge < -0.3 is 10.0 Å². The molecule has 2 aromatic rings. The van der Waals surface area contributed by atoms with Gasteiger partial charge in [-0.05, 0) is 18.4 Å². The first-order valence-corrected chi connectivity index (χ1v) is 6.40. The van der Waals surface area contributed by atoms with Crippen LogP contribution in [0.3, 0.4) is 0 Å².